The molecule has 0 saturated heterocycles. The van der Waals surface area contributed by atoms with E-state index in [4.69, 9.17) is 4.74 Å². The van der Waals surface area contributed by atoms with Gasteiger partial charge in [-0.3, -0.25) is 0 Å². The van der Waals surface area contributed by atoms with E-state index in [0.29, 0.717) is 0 Å². The van der Waals surface area contributed by atoms with E-state index < -0.39 is 0 Å². The molecule has 0 aliphatic carbocycles. The number of aryl methyl sites for hydroxylation is 1. The zero-order valence-electron chi connectivity index (χ0n) is 13.6. The van der Waals surface area contributed by atoms with Crippen molar-refractivity contribution in [2.75, 3.05) is 11.9 Å². The van der Waals surface area contributed by atoms with Crippen molar-refractivity contribution in [3.8, 4) is 5.75 Å². The molecular formula is C19H31BrO. The molecule has 1 aromatic rings. The van der Waals surface area contributed by atoms with Gasteiger partial charge in [0.2, 0.25) is 0 Å². The zero-order chi connectivity index (χ0) is 15.2. The van der Waals surface area contributed by atoms with E-state index >= 15 is 0 Å². The second-order valence-electron chi connectivity index (χ2n) is 5.72. The van der Waals surface area contributed by atoms with E-state index in [1.165, 1.54) is 56.9 Å². The van der Waals surface area contributed by atoms with Crippen molar-refractivity contribution < 1.29 is 4.74 Å². The number of alkyl halides is 1. The average molecular weight is 355 g/mol. The topological polar surface area (TPSA) is 9.23 Å². The first-order valence-corrected chi connectivity index (χ1v) is 9.77. The predicted octanol–water partition coefficient (Wildman–Crippen LogP) is 6.53. The monoisotopic (exact) mass is 354 g/mol. The lowest BCUT2D eigenvalue weighted by Gasteiger charge is -2.10. The highest BCUT2D eigenvalue weighted by molar-refractivity contribution is 9.09. The van der Waals surface area contributed by atoms with Crippen LogP contribution in [0, 0.1) is 0 Å². The van der Waals surface area contributed by atoms with Gasteiger partial charge >= 0.3 is 0 Å². The molecule has 0 bridgehead atoms. The molecule has 21 heavy (non-hydrogen) atoms. The lowest BCUT2D eigenvalue weighted by Crippen LogP contribution is -1.99. The Morgan fingerprint density at radius 1 is 0.857 bits per heavy atom. The number of benzene rings is 1. The zero-order valence-corrected chi connectivity index (χ0v) is 15.2. The second-order valence-corrected chi connectivity index (χ2v) is 6.52. The van der Waals surface area contributed by atoms with Crippen molar-refractivity contribution in [1.82, 2.24) is 0 Å². The molecule has 0 aliphatic rings. The van der Waals surface area contributed by atoms with Crippen LogP contribution in [0.15, 0.2) is 24.3 Å². The van der Waals surface area contributed by atoms with Gasteiger partial charge in [-0.05, 0) is 37.3 Å². The van der Waals surface area contributed by atoms with Crippen LogP contribution >= 0.6 is 15.9 Å². The van der Waals surface area contributed by atoms with Crippen LogP contribution in [0.3, 0.4) is 0 Å². The van der Waals surface area contributed by atoms with Crippen LogP contribution in [0.2, 0.25) is 0 Å². The highest BCUT2D eigenvalue weighted by Gasteiger charge is 2.02. The van der Waals surface area contributed by atoms with Crippen LogP contribution in [-0.2, 0) is 6.42 Å². The number of unbranched alkanes of at least 4 members (excludes halogenated alkanes) is 7. The van der Waals surface area contributed by atoms with Crippen LogP contribution in [-0.4, -0.2) is 11.9 Å². The summed E-state index contributed by atoms with van der Waals surface area (Å²) in [6.45, 7) is 2.98. The minimum atomic E-state index is 0.825. The first-order chi connectivity index (χ1) is 10.4. The molecule has 0 N–H and O–H groups in total. The van der Waals surface area contributed by atoms with Crippen LogP contribution in [0.25, 0.3) is 0 Å². The molecule has 0 aliphatic heterocycles. The van der Waals surface area contributed by atoms with Crippen molar-refractivity contribution in [3.63, 3.8) is 0 Å². The second kappa shape index (κ2) is 13.2. The highest BCUT2D eigenvalue weighted by Crippen LogP contribution is 2.21. The predicted molar refractivity (Wildman–Crippen MR) is 96.7 cm³/mol. The van der Waals surface area contributed by atoms with Crippen molar-refractivity contribution in [2.45, 2.75) is 71.1 Å². The molecule has 0 amide bonds. The van der Waals surface area contributed by atoms with Crippen molar-refractivity contribution in [1.29, 1.82) is 0 Å². The van der Waals surface area contributed by atoms with E-state index in [2.05, 4.69) is 47.1 Å². The number of ether oxygens (including phenoxy) is 1. The van der Waals surface area contributed by atoms with Crippen LogP contribution in [0.5, 0.6) is 5.75 Å². The third-order valence-corrected chi connectivity index (χ3v) is 4.32. The van der Waals surface area contributed by atoms with E-state index in [1.807, 2.05) is 0 Å². The minimum absolute atomic E-state index is 0.825. The summed E-state index contributed by atoms with van der Waals surface area (Å²) in [6, 6.07) is 8.51. The Balaban J connectivity index is 2.09. The number of hydrogen-bond donors (Lipinski definition) is 0. The Morgan fingerprint density at radius 3 is 2.14 bits per heavy atom. The van der Waals surface area contributed by atoms with Crippen molar-refractivity contribution >= 4 is 15.9 Å². The van der Waals surface area contributed by atoms with Gasteiger partial charge < -0.3 is 4.74 Å². The third kappa shape index (κ3) is 9.18. The van der Waals surface area contributed by atoms with Crippen LogP contribution in [0.1, 0.15) is 70.3 Å². The molecule has 1 aromatic carbocycles. The lowest BCUT2D eigenvalue weighted by molar-refractivity contribution is 0.314. The van der Waals surface area contributed by atoms with Gasteiger partial charge in [-0.2, -0.15) is 0 Å². The van der Waals surface area contributed by atoms with Gasteiger partial charge in [-0.1, -0.05) is 79.6 Å². The molecular weight excluding hydrogens is 324 g/mol. The molecule has 2 heteroatoms. The maximum atomic E-state index is 5.82. The van der Waals surface area contributed by atoms with E-state index in [9.17, 15) is 0 Å². The Labute approximate surface area is 139 Å². The fraction of sp³-hybridized carbons (Fsp3) is 0.684. The maximum Gasteiger partial charge on any atom is 0.122 e. The van der Waals surface area contributed by atoms with Gasteiger partial charge in [-0.15, -0.1) is 0 Å². The molecule has 0 saturated carbocycles. The van der Waals surface area contributed by atoms with Crippen molar-refractivity contribution in [2.24, 2.45) is 0 Å². The average Bonchev–Trinajstić information content (AvgIpc) is 2.52. The number of para-hydroxylation sites is 1. The van der Waals surface area contributed by atoms with Crippen LogP contribution in [0.4, 0.5) is 0 Å². The SMILES string of the molecule is CCCOc1ccccc1CCCCCCCCCCBr. The van der Waals surface area contributed by atoms with E-state index in [0.717, 1.165) is 30.5 Å². The summed E-state index contributed by atoms with van der Waals surface area (Å²) in [5, 5.41) is 1.16. The Morgan fingerprint density at radius 2 is 1.48 bits per heavy atom. The van der Waals surface area contributed by atoms with Crippen LogP contribution < -0.4 is 4.74 Å². The normalized spacial score (nSPS) is 10.8. The smallest absolute Gasteiger partial charge is 0.122 e. The molecule has 0 spiro atoms. The van der Waals surface area contributed by atoms with E-state index in [-0.39, 0.29) is 0 Å². The first kappa shape index (κ1) is 18.5. The largest absolute Gasteiger partial charge is 0.493 e. The summed E-state index contributed by atoms with van der Waals surface area (Å²) < 4.78 is 5.82. The summed E-state index contributed by atoms with van der Waals surface area (Å²) in [4.78, 5) is 0. The summed E-state index contributed by atoms with van der Waals surface area (Å²) in [5.74, 6) is 1.09. The summed E-state index contributed by atoms with van der Waals surface area (Å²) in [7, 11) is 0. The molecule has 0 unspecified atom stereocenters. The molecule has 0 atom stereocenters. The summed E-state index contributed by atoms with van der Waals surface area (Å²) in [5.41, 5.74) is 1.38. The minimum Gasteiger partial charge on any atom is -0.493 e. The van der Waals surface area contributed by atoms with Gasteiger partial charge in [-0.25, -0.2) is 0 Å². The fourth-order valence-corrected chi connectivity index (χ4v) is 2.93. The van der Waals surface area contributed by atoms with Gasteiger partial charge in [0.1, 0.15) is 5.75 Å². The Hall–Kier alpha value is -0.500. The number of hydrogen-bond acceptors (Lipinski definition) is 1. The molecule has 120 valence electrons. The first-order valence-electron chi connectivity index (χ1n) is 8.65. The number of rotatable bonds is 13. The molecule has 0 radical (unpaired) electrons. The molecule has 0 fully saturated rings. The molecule has 0 heterocycles. The molecule has 0 aromatic heterocycles. The van der Waals surface area contributed by atoms with Gasteiger partial charge in [0.05, 0.1) is 6.61 Å². The van der Waals surface area contributed by atoms with Gasteiger partial charge in [0, 0.05) is 5.33 Å². The number of halogens is 1. The standard InChI is InChI=1S/C19H31BrO/c1-2-17-21-19-15-11-10-14-18(19)13-9-7-5-3-4-6-8-12-16-20/h10-11,14-15H,2-9,12-13,16-17H2,1H3. The maximum absolute atomic E-state index is 5.82. The Kier molecular flexibility index (Phi) is 11.6. The Bertz CT molecular complexity index is 351. The highest BCUT2D eigenvalue weighted by atomic mass is 79.9. The van der Waals surface area contributed by atoms with E-state index in [1.54, 1.807) is 0 Å². The molecule has 1 nitrogen and oxygen atoms in total. The fourth-order valence-electron chi connectivity index (χ4n) is 2.53. The summed E-state index contributed by atoms with van der Waals surface area (Å²) in [6.07, 6.45) is 13.2. The van der Waals surface area contributed by atoms with Gasteiger partial charge in [0.15, 0.2) is 0 Å². The van der Waals surface area contributed by atoms with Gasteiger partial charge in [0.25, 0.3) is 0 Å². The quantitative estimate of drug-likeness (QED) is 0.289. The summed E-state index contributed by atoms with van der Waals surface area (Å²) >= 11 is 3.49. The van der Waals surface area contributed by atoms with Crippen molar-refractivity contribution in [3.05, 3.63) is 29.8 Å². The lowest BCUT2D eigenvalue weighted by atomic mass is 10.0. The third-order valence-electron chi connectivity index (χ3n) is 3.76. The molecule has 1 rings (SSSR count).